The molecule has 112 valence electrons. The van der Waals surface area contributed by atoms with Gasteiger partial charge in [-0.2, -0.15) is 0 Å². The van der Waals surface area contributed by atoms with Gasteiger partial charge in [-0.1, -0.05) is 21.1 Å². The van der Waals surface area contributed by atoms with Crippen LogP contribution < -0.4 is 0 Å². The molecule has 1 aromatic heterocycles. The highest BCUT2D eigenvalue weighted by Crippen LogP contribution is 2.26. The Kier molecular flexibility index (Phi) is 5.47. The van der Waals surface area contributed by atoms with E-state index >= 15 is 0 Å². The first-order chi connectivity index (χ1) is 9.95. The molecule has 4 nitrogen and oxygen atoms in total. The minimum Gasteiger partial charge on any atom is -0.361 e. The molecule has 2 aromatic rings. The Morgan fingerprint density at radius 1 is 1.43 bits per heavy atom. The third kappa shape index (κ3) is 4.61. The van der Waals surface area contributed by atoms with Crippen LogP contribution in [-0.4, -0.2) is 28.3 Å². The van der Waals surface area contributed by atoms with Crippen LogP contribution in [0.15, 0.2) is 44.2 Å². The van der Waals surface area contributed by atoms with E-state index in [0.717, 1.165) is 20.8 Å². The van der Waals surface area contributed by atoms with E-state index in [0.29, 0.717) is 6.54 Å². The van der Waals surface area contributed by atoms with Crippen molar-refractivity contribution < 1.29 is 9.32 Å². The lowest BCUT2D eigenvalue weighted by molar-refractivity contribution is -0.129. The van der Waals surface area contributed by atoms with Crippen LogP contribution in [0.5, 0.6) is 0 Å². The maximum absolute atomic E-state index is 12.4. The molecule has 0 aliphatic carbocycles. The summed E-state index contributed by atoms with van der Waals surface area (Å²) in [6, 6.07) is 9.79. The zero-order chi connectivity index (χ0) is 15.4. The van der Waals surface area contributed by atoms with Gasteiger partial charge in [-0.05, 0) is 38.1 Å². The molecule has 6 heteroatoms. The van der Waals surface area contributed by atoms with Gasteiger partial charge in [0.15, 0.2) is 0 Å². The average molecular weight is 369 g/mol. The average Bonchev–Trinajstić information content (AvgIpc) is 2.85. The Hall–Kier alpha value is -1.27. The first-order valence-electron chi connectivity index (χ1n) is 6.55. The van der Waals surface area contributed by atoms with Gasteiger partial charge in [0.25, 0.3) is 0 Å². The summed E-state index contributed by atoms with van der Waals surface area (Å²) in [4.78, 5) is 15.1. The van der Waals surface area contributed by atoms with Crippen molar-refractivity contribution in [2.45, 2.75) is 30.5 Å². The Morgan fingerprint density at radius 3 is 2.67 bits per heavy atom. The van der Waals surface area contributed by atoms with Gasteiger partial charge in [0.2, 0.25) is 5.91 Å². The Labute approximate surface area is 137 Å². The van der Waals surface area contributed by atoms with Crippen LogP contribution in [0.2, 0.25) is 0 Å². The Balaban J connectivity index is 1.93. The van der Waals surface area contributed by atoms with E-state index < -0.39 is 0 Å². The monoisotopic (exact) mass is 368 g/mol. The fourth-order valence-corrected chi connectivity index (χ4v) is 3.14. The standard InChI is InChI=1S/C15H17BrN2O2S/c1-10-8-13(17-20-10)9-18(3)15(19)11(2)21-14-6-4-12(16)5-7-14/h4-8,11H,9H2,1-3H3. The zero-order valence-electron chi connectivity index (χ0n) is 12.2. The van der Waals surface area contributed by atoms with Gasteiger partial charge in [-0.25, -0.2) is 0 Å². The normalized spacial score (nSPS) is 12.2. The molecule has 0 aliphatic rings. The van der Waals surface area contributed by atoms with Crippen LogP contribution in [0.3, 0.4) is 0 Å². The van der Waals surface area contributed by atoms with Gasteiger partial charge in [0.05, 0.1) is 11.8 Å². The molecule has 0 saturated heterocycles. The molecule has 2 rings (SSSR count). The predicted octanol–water partition coefficient (Wildman–Crippen LogP) is 3.88. The van der Waals surface area contributed by atoms with E-state index in [1.807, 2.05) is 44.2 Å². The summed E-state index contributed by atoms with van der Waals surface area (Å²) >= 11 is 4.95. The number of thioether (sulfide) groups is 1. The molecule has 0 N–H and O–H groups in total. The van der Waals surface area contributed by atoms with Crippen molar-refractivity contribution in [2.75, 3.05) is 7.05 Å². The number of amides is 1. The van der Waals surface area contributed by atoms with Crippen LogP contribution in [0.4, 0.5) is 0 Å². The number of nitrogens with zero attached hydrogens (tertiary/aromatic N) is 2. The van der Waals surface area contributed by atoms with Crippen molar-refractivity contribution in [3.63, 3.8) is 0 Å². The molecule has 0 bridgehead atoms. The molecule has 0 spiro atoms. The second kappa shape index (κ2) is 7.13. The molecular weight excluding hydrogens is 352 g/mol. The summed E-state index contributed by atoms with van der Waals surface area (Å²) in [6.45, 7) is 4.21. The predicted molar refractivity (Wildman–Crippen MR) is 87.2 cm³/mol. The second-order valence-electron chi connectivity index (χ2n) is 4.84. The van der Waals surface area contributed by atoms with E-state index in [1.54, 1.807) is 23.7 Å². The number of halogens is 1. The molecule has 1 unspecified atom stereocenters. The minimum absolute atomic E-state index is 0.0728. The van der Waals surface area contributed by atoms with Crippen LogP contribution in [-0.2, 0) is 11.3 Å². The largest absolute Gasteiger partial charge is 0.361 e. The van der Waals surface area contributed by atoms with E-state index in [4.69, 9.17) is 4.52 Å². The van der Waals surface area contributed by atoms with Crippen molar-refractivity contribution in [1.82, 2.24) is 10.1 Å². The molecule has 0 aliphatic heterocycles. The number of aromatic nitrogens is 1. The number of carbonyl (C=O) groups is 1. The van der Waals surface area contributed by atoms with E-state index in [1.165, 1.54) is 0 Å². The number of aryl methyl sites for hydroxylation is 1. The summed E-state index contributed by atoms with van der Waals surface area (Å²) in [7, 11) is 1.78. The SMILES string of the molecule is Cc1cc(CN(C)C(=O)C(C)Sc2ccc(Br)cc2)no1. The highest BCUT2D eigenvalue weighted by molar-refractivity contribution is 9.10. The van der Waals surface area contributed by atoms with Crippen molar-refractivity contribution in [2.24, 2.45) is 0 Å². The molecule has 1 amide bonds. The van der Waals surface area contributed by atoms with Gasteiger partial charge in [0, 0.05) is 22.5 Å². The lowest BCUT2D eigenvalue weighted by atomic mass is 10.3. The third-order valence-corrected chi connectivity index (χ3v) is 4.55. The maximum Gasteiger partial charge on any atom is 0.235 e. The smallest absolute Gasteiger partial charge is 0.235 e. The number of hydrogen-bond donors (Lipinski definition) is 0. The van der Waals surface area contributed by atoms with E-state index in [2.05, 4.69) is 21.1 Å². The second-order valence-corrected chi connectivity index (χ2v) is 7.17. The van der Waals surface area contributed by atoms with Gasteiger partial charge in [-0.15, -0.1) is 11.8 Å². The summed E-state index contributed by atoms with van der Waals surface area (Å²) in [5.74, 6) is 0.826. The fourth-order valence-electron chi connectivity index (χ4n) is 1.89. The van der Waals surface area contributed by atoms with Crippen molar-refractivity contribution >= 4 is 33.6 Å². The summed E-state index contributed by atoms with van der Waals surface area (Å²) in [6.07, 6.45) is 0. The topological polar surface area (TPSA) is 46.3 Å². The number of rotatable bonds is 5. The first-order valence-corrected chi connectivity index (χ1v) is 8.22. The highest BCUT2D eigenvalue weighted by Gasteiger charge is 2.19. The molecule has 0 saturated carbocycles. The van der Waals surface area contributed by atoms with Crippen molar-refractivity contribution in [1.29, 1.82) is 0 Å². The zero-order valence-corrected chi connectivity index (χ0v) is 14.6. The number of benzene rings is 1. The van der Waals surface area contributed by atoms with Gasteiger partial charge < -0.3 is 9.42 Å². The summed E-state index contributed by atoms with van der Waals surface area (Å²) in [5.41, 5.74) is 0.768. The quantitative estimate of drug-likeness (QED) is 0.751. The van der Waals surface area contributed by atoms with Gasteiger partial charge in [-0.3, -0.25) is 4.79 Å². The summed E-state index contributed by atoms with van der Waals surface area (Å²) < 4.78 is 6.05. The lowest BCUT2D eigenvalue weighted by Crippen LogP contribution is -2.32. The summed E-state index contributed by atoms with van der Waals surface area (Å²) in [5, 5.41) is 3.76. The van der Waals surface area contributed by atoms with Crippen LogP contribution in [0, 0.1) is 6.92 Å². The molecule has 1 atom stereocenters. The maximum atomic E-state index is 12.4. The fraction of sp³-hybridized carbons (Fsp3) is 0.333. The molecule has 0 fully saturated rings. The van der Waals surface area contributed by atoms with Crippen LogP contribution in [0.25, 0.3) is 0 Å². The molecule has 0 radical (unpaired) electrons. The molecule has 1 heterocycles. The Bertz CT molecular complexity index is 612. The highest BCUT2D eigenvalue weighted by atomic mass is 79.9. The minimum atomic E-state index is -0.149. The lowest BCUT2D eigenvalue weighted by Gasteiger charge is -2.20. The van der Waals surface area contributed by atoms with E-state index in [9.17, 15) is 4.79 Å². The van der Waals surface area contributed by atoms with Gasteiger partial charge >= 0.3 is 0 Å². The third-order valence-electron chi connectivity index (χ3n) is 2.93. The molecule has 1 aromatic carbocycles. The van der Waals surface area contributed by atoms with E-state index in [-0.39, 0.29) is 11.2 Å². The van der Waals surface area contributed by atoms with Crippen molar-refractivity contribution in [3.05, 3.63) is 46.3 Å². The first kappa shape index (κ1) is 16.1. The Morgan fingerprint density at radius 2 is 2.10 bits per heavy atom. The van der Waals surface area contributed by atoms with Gasteiger partial charge in [0.1, 0.15) is 11.5 Å². The van der Waals surface area contributed by atoms with Crippen LogP contribution in [0.1, 0.15) is 18.4 Å². The number of carbonyl (C=O) groups excluding carboxylic acids is 1. The molecular formula is C15H17BrN2O2S. The van der Waals surface area contributed by atoms with Crippen LogP contribution >= 0.6 is 27.7 Å². The molecule has 21 heavy (non-hydrogen) atoms. The number of hydrogen-bond acceptors (Lipinski definition) is 4. The van der Waals surface area contributed by atoms with Crippen molar-refractivity contribution in [3.8, 4) is 0 Å².